The van der Waals surface area contributed by atoms with Crippen molar-refractivity contribution < 1.29 is 9.53 Å². The van der Waals surface area contributed by atoms with Crippen LogP contribution in [-0.2, 0) is 4.74 Å². The van der Waals surface area contributed by atoms with Gasteiger partial charge in [0, 0.05) is 18.5 Å². The SMILES string of the molecule is O=C(NCCCOC1CCCC1)Nc1cccc2ccccc12. The number of fused-ring (bicyclic) bond motifs is 1. The lowest BCUT2D eigenvalue weighted by Crippen LogP contribution is -2.30. The number of rotatable bonds is 6. The third-order valence-corrected chi connectivity index (χ3v) is 4.30. The zero-order chi connectivity index (χ0) is 15.9. The van der Waals surface area contributed by atoms with E-state index in [1.165, 1.54) is 25.7 Å². The number of ether oxygens (including phenoxy) is 1. The molecule has 0 saturated heterocycles. The first-order valence-electron chi connectivity index (χ1n) is 8.47. The van der Waals surface area contributed by atoms with Crippen LogP contribution in [0.1, 0.15) is 32.1 Å². The summed E-state index contributed by atoms with van der Waals surface area (Å²) in [6.07, 6.45) is 6.25. The van der Waals surface area contributed by atoms with E-state index in [1.807, 2.05) is 42.5 Å². The van der Waals surface area contributed by atoms with E-state index in [0.29, 0.717) is 12.6 Å². The van der Waals surface area contributed by atoms with Gasteiger partial charge in [-0.15, -0.1) is 0 Å². The average molecular weight is 312 g/mol. The molecule has 1 aliphatic rings. The van der Waals surface area contributed by atoms with Crippen LogP contribution in [0.15, 0.2) is 42.5 Å². The summed E-state index contributed by atoms with van der Waals surface area (Å²) in [5, 5.41) is 7.99. The molecule has 2 aromatic carbocycles. The minimum atomic E-state index is -0.165. The van der Waals surface area contributed by atoms with Gasteiger partial charge in [-0.3, -0.25) is 0 Å². The Balaban J connectivity index is 1.42. The van der Waals surface area contributed by atoms with Crippen LogP contribution in [0.5, 0.6) is 0 Å². The van der Waals surface area contributed by atoms with E-state index in [0.717, 1.165) is 29.5 Å². The van der Waals surface area contributed by atoms with Gasteiger partial charge in [-0.1, -0.05) is 49.2 Å². The summed E-state index contributed by atoms with van der Waals surface area (Å²) in [6, 6.07) is 13.8. The molecule has 1 saturated carbocycles. The van der Waals surface area contributed by atoms with Crippen molar-refractivity contribution in [3.05, 3.63) is 42.5 Å². The molecule has 0 aromatic heterocycles. The Kier molecular flexibility index (Phi) is 5.48. The highest BCUT2D eigenvalue weighted by atomic mass is 16.5. The predicted octanol–water partition coefficient (Wildman–Crippen LogP) is 4.31. The fraction of sp³-hybridized carbons (Fsp3) is 0.421. The van der Waals surface area contributed by atoms with Crippen LogP contribution < -0.4 is 10.6 Å². The number of anilines is 1. The summed E-state index contributed by atoms with van der Waals surface area (Å²) < 4.78 is 5.79. The first-order chi connectivity index (χ1) is 11.3. The standard InChI is InChI=1S/C19H24N2O2/c22-19(20-13-6-14-23-16-9-2-3-10-16)21-18-12-5-8-15-7-1-4-11-17(15)18/h1,4-5,7-8,11-12,16H,2-3,6,9-10,13-14H2,(H2,20,21,22). The van der Waals surface area contributed by atoms with E-state index >= 15 is 0 Å². The lowest BCUT2D eigenvalue weighted by Gasteiger charge is -2.12. The van der Waals surface area contributed by atoms with Crippen LogP contribution in [0.3, 0.4) is 0 Å². The molecule has 2 amide bonds. The van der Waals surface area contributed by atoms with Gasteiger partial charge in [0.2, 0.25) is 0 Å². The van der Waals surface area contributed by atoms with Gasteiger partial charge in [0.05, 0.1) is 11.8 Å². The topological polar surface area (TPSA) is 50.4 Å². The van der Waals surface area contributed by atoms with Crippen molar-refractivity contribution in [1.29, 1.82) is 0 Å². The van der Waals surface area contributed by atoms with E-state index in [2.05, 4.69) is 10.6 Å². The van der Waals surface area contributed by atoms with Crippen molar-refractivity contribution in [3.8, 4) is 0 Å². The summed E-state index contributed by atoms with van der Waals surface area (Å²) in [5.74, 6) is 0. The van der Waals surface area contributed by atoms with Gasteiger partial charge in [-0.25, -0.2) is 4.79 Å². The zero-order valence-corrected chi connectivity index (χ0v) is 13.4. The van der Waals surface area contributed by atoms with Gasteiger partial charge in [0.1, 0.15) is 0 Å². The molecule has 0 bridgehead atoms. The van der Waals surface area contributed by atoms with E-state index in [1.54, 1.807) is 0 Å². The Hall–Kier alpha value is -2.07. The summed E-state index contributed by atoms with van der Waals surface area (Å²) in [5.41, 5.74) is 0.836. The first-order valence-corrected chi connectivity index (χ1v) is 8.47. The Morgan fingerprint density at radius 1 is 1.09 bits per heavy atom. The van der Waals surface area contributed by atoms with Gasteiger partial charge >= 0.3 is 6.03 Å². The van der Waals surface area contributed by atoms with Crippen LogP contribution in [0.4, 0.5) is 10.5 Å². The molecular weight excluding hydrogens is 288 g/mol. The molecule has 0 spiro atoms. The highest BCUT2D eigenvalue weighted by Gasteiger charge is 2.14. The number of amides is 2. The number of urea groups is 1. The van der Waals surface area contributed by atoms with Crippen molar-refractivity contribution in [3.63, 3.8) is 0 Å². The second-order valence-electron chi connectivity index (χ2n) is 6.04. The Labute approximate surface area is 137 Å². The summed E-state index contributed by atoms with van der Waals surface area (Å²) in [4.78, 5) is 12.0. The quantitative estimate of drug-likeness (QED) is 0.781. The van der Waals surface area contributed by atoms with Crippen LogP contribution in [0.25, 0.3) is 10.8 Å². The van der Waals surface area contributed by atoms with E-state index < -0.39 is 0 Å². The molecule has 4 nitrogen and oxygen atoms in total. The minimum Gasteiger partial charge on any atom is -0.378 e. The predicted molar refractivity (Wildman–Crippen MR) is 93.8 cm³/mol. The molecule has 2 N–H and O–H groups in total. The molecule has 3 rings (SSSR count). The molecular formula is C19H24N2O2. The third kappa shape index (κ3) is 4.45. The highest BCUT2D eigenvalue weighted by Crippen LogP contribution is 2.23. The van der Waals surface area contributed by atoms with Crippen LogP contribution >= 0.6 is 0 Å². The number of hydrogen-bond acceptors (Lipinski definition) is 2. The molecule has 2 aromatic rings. The molecule has 0 unspecified atom stereocenters. The Bertz CT molecular complexity index is 645. The minimum absolute atomic E-state index is 0.165. The summed E-state index contributed by atoms with van der Waals surface area (Å²) in [7, 11) is 0. The lowest BCUT2D eigenvalue weighted by molar-refractivity contribution is 0.0572. The van der Waals surface area contributed by atoms with E-state index in [9.17, 15) is 4.79 Å². The van der Waals surface area contributed by atoms with Crippen LogP contribution in [-0.4, -0.2) is 25.3 Å². The summed E-state index contributed by atoms with van der Waals surface area (Å²) in [6.45, 7) is 1.35. The van der Waals surface area contributed by atoms with Gasteiger partial charge in [0.25, 0.3) is 0 Å². The molecule has 0 atom stereocenters. The summed E-state index contributed by atoms with van der Waals surface area (Å²) >= 11 is 0. The lowest BCUT2D eigenvalue weighted by atomic mass is 10.1. The van der Waals surface area contributed by atoms with Crippen LogP contribution in [0, 0.1) is 0 Å². The number of carbonyl (C=O) groups excluding carboxylic acids is 1. The first kappa shape index (κ1) is 15.8. The van der Waals surface area contributed by atoms with Gasteiger partial charge in [-0.05, 0) is 30.7 Å². The molecule has 1 fully saturated rings. The van der Waals surface area contributed by atoms with Crippen molar-refractivity contribution in [2.24, 2.45) is 0 Å². The third-order valence-electron chi connectivity index (χ3n) is 4.30. The molecule has 122 valence electrons. The molecule has 1 aliphatic carbocycles. The number of benzene rings is 2. The van der Waals surface area contributed by atoms with Crippen molar-refractivity contribution >= 4 is 22.5 Å². The second kappa shape index (κ2) is 7.97. The average Bonchev–Trinajstić information content (AvgIpc) is 3.08. The fourth-order valence-electron chi connectivity index (χ4n) is 3.08. The van der Waals surface area contributed by atoms with Crippen molar-refractivity contribution in [1.82, 2.24) is 5.32 Å². The molecule has 4 heteroatoms. The van der Waals surface area contributed by atoms with E-state index in [4.69, 9.17) is 4.74 Å². The maximum Gasteiger partial charge on any atom is 0.319 e. The van der Waals surface area contributed by atoms with Crippen molar-refractivity contribution in [2.45, 2.75) is 38.2 Å². The highest BCUT2D eigenvalue weighted by molar-refractivity contribution is 6.01. The Morgan fingerprint density at radius 3 is 2.74 bits per heavy atom. The normalized spacial score (nSPS) is 15.0. The van der Waals surface area contributed by atoms with Crippen LogP contribution in [0.2, 0.25) is 0 Å². The molecule has 0 heterocycles. The largest absolute Gasteiger partial charge is 0.378 e. The molecule has 23 heavy (non-hydrogen) atoms. The molecule has 0 aliphatic heterocycles. The monoisotopic (exact) mass is 312 g/mol. The van der Waals surface area contributed by atoms with Gasteiger partial charge in [0.15, 0.2) is 0 Å². The maximum atomic E-state index is 12.0. The van der Waals surface area contributed by atoms with Gasteiger partial charge < -0.3 is 15.4 Å². The number of nitrogens with one attached hydrogen (secondary N) is 2. The Morgan fingerprint density at radius 2 is 1.87 bits per heavy atom. The zero-order valence-electron chi connectivity index (χ0n) is 13.4. The number of carbonyl (C=O) groups is 1. The molecule has 0 radical (unpaired) electrons. The maximum absolute atomic E-state index is 12.0. The van der Waals surface area contributed by atoms with Gasteiger partial charge in [-0.2, -0.15) is 0 Å². The van der Waals surface area contributed by atoms with E-state index in [-0.39, 0.29) is 6.03 Å². The number of hydrogen-bond donors (Lipinski definition) is 2. The van der Waals surface area contributed by atoms with Crippen molar-refractivity contribution in [2.75, 3.05) is 18.5 Å². The fourth-order valence-corrected chi connectivity index (χ4v) is 3.08. The second-order valence-corrected chi connectivity index (χ2v) is 6.04. The smallest absolute Gasteiger partial charge is 0.319 e.